The van der Waals surface area contributed by atoms with Gasteiger partial charge in [-0.2, -0.15) is 0 Å². The smallest absolute Gasteiger partial charge is 0.315 e. The minimum absolute atomic E-state index is 0.294. The third kappa shape index (κ3) is 3.47. The average molecular weight is 247 g/mol. The normalized spacial score (nSPS) is 16.4. The monoisotopic (exact) mass is 247 g/mol. The number of carbonyl (C=O) groups is 1. The van der Waals surface area contributed by atoms with Gasteiger partial charge in [0.2, 0.25) is 0 Å². The number of hydrogen-bond acceptors (Lipinski definition) is 2. The molecule has 1 saturated heterocycles. The number of nitrogens with two attached hydrogens (primary N) is 1. The van der Waals surface area contributed by atoms with Crippen LogP contribution in [0.3, 0.4) is 0 Å². The molecule has 1 fully saturated rings. The first-order valence-corrected chi connectivity index (χ1v) is 6.58. The van der Waals surface area contributed by atoms with Crippen LogP contribution in [0.25, 0.3) is 0 Å². The van der Waals surface area contributed by atoms with Crippen LogP contribution in [0.1, 0.15) is 18.4 Å². The lowest BCUT2D eigenvalue weighted by Crippen LogP contribution is -2.49. The van der Waals surface area contributed by atoms with E-state index in [9.17, 15) is 4.79 Å². The van der Waals surface area contributed by atoms with Gasteiger partial charge in [0, 0.05) is 12.6 Å². The number of nitrogens with one attached hydrogen (secondary N) is 1. The number of amides is 2. The van der Waals surface area contributed by atoms with Crippen molar-refractivity contribution < 1.29 is 4.79 Å². The summed E-state index contributed by atoms with van der Waals surface area (Å²) in [5.74, 6) is 0. The second-order valence-electron chi connectivity index (χ2n) is 4.75. The van der Waals surface area contributed by atoms with Gasteiger partial charge in [0.25, 0.3) is 0 Å². The lowest BCUT2D eigenvalue weighted by atomic mass is 10.0. The van der Waals surface area contributed by atoms with Crippen molar-refractivity contribution in [3.05, 3.63) is 35.9 Å². The summed E-state index contributed by atoms with van der Waals surface area (Å²) in [5.41, 5.74) is 6.75. The summed E-state index contributed by atoms with van der Waals surface area (Å²) in [5, 5.41) is 3.30. The van der Waals surface area contributed by atoms with Crippen molar-refractivity contribution in [1.82, 2.24) is 10.2 Å². The highest BCUT2D eigenvalue weighted by Crippen LogP contribution is 2.12. The number of benzene rings is 1. The van der Waals surface area contributed by atoms with Crippen molar-refractivity contribution in [2.75, 3.05) is 19.6 Å². The number of urea groups is 1. The first-order chi connectivity index (χ1) is 8.77. The molecule has 0 saturated carbocycles. The van der Waals surface area contributed by atoms with E-state index in [1.54, 1.807) is 0 Å². The zero-order valence-electron chi connectivity index (χ0n) is 10.6. The molecule has 0 radical (unpaired) electrons. The highest BCUT2D eigenvalue weighted by atomic mass is 16.2. The van der Waals surface area contributed by atoms with Gasteiger partial charge in [-0.1, -0.05) is 30.3 Å². The lowest BCUT2D eigenvalue weighted by Gasteiger charge is -2.33. The fraction of sp³-hybridized carbons (Fsp3) is 0.500. The van der Waals surface area contributed by atoms with Crippen LogP contribution in [0.4, 0.5) is 4.79 Å². The molecular formula is C14H21N3O. The van der Waals surface area contributed by atoms with Crippen LogP contribution in [0, 0.1) is 0 Å². The van der Waals surface area contributed by atoms with Gasteiger partial charge >= 0.3 is 6.03 Å². The standard InChI is InChI=1S/C14H21N3O/c15-14(18)17(13-6-9-16-10-7-13)11-8-12-4-2-1-3-5-12/h1-5,13,16H,6-11H2,(H2,15,18). The second-order valence-corrected chi connectivity index (χ2v) is 4.75. The molecule has 1 heterocycles. The Morgan fingerprint density at radius 1 is 1.28 bits per heavy atom. The Labute approximate surface area is 108 Å². The van der Waals surface area contributed by atoms with Gasteiger partial charge in [0.05, 0.1) is 0 Å². The maximum atomic E-state index is 11.5. The fourth-order valence-corrected chi connectivity index (χ4v) is 2.49. The van der Waals surface area contributed by atoms with E-state index >= 15 is 0 Å². The highest BCUT2D eigenvalue weighted by Gasteiger charge is 2.23. The largest absolute Gasteiger partial charge is 0.351 e. The molecule has 1 aliphatic rings. The predicted octanol–water partition coefficient (Wildman–Crippen LogP) is 1.36. The molecule has 18 heavy (non-hydrogen) atoms. The molecule has 1 aromatic carbocycles. The molecule has 3 N–H and O–H groups in total. The molecule has 0 unspecified atom stereocenters. The molecule has 0 spiro atoms. The highest BCUT2D eigenvalue weighted by molar-refractivity contribution is 5.72. The molecular weight excluding hydrogens is 226 g/mol. The van der Waals surface area contributed by atoms with E-state index in [1.807, 2.05) is 23.1 Å². The lowest BCUT2D eigenvalue weighted by molar-refractivity contribution is 0.168. The van der Waals surface area contributed by atoms with Crippen molar-refractivity contribution in [3.8, 4) is 0 Å². The summed E-state index contributed by atoms with van der Waals surface area (Å²) < 4.78 is 0. The van der Waals surface area contributed by atoms with Crippen molar-refractivity contribution in [1.29, 1.82) is 0 Å². The van der Waals surface area contributed by atoms with Crippen LogP contribution in [0.15, 0.2) is 30.3 Å². The maximum absolute atomic E-state index is 11.5. The van der Waals surface area contributed by atoms with E-state index in [0.29, 0.717) is 12.6 Å². The van der Waals surface area contributed by atoms with Gasteiger partial charge in [0.1, 0.15) is 0 Å². The molecule has 0 aliphatic carbocycles. The van der Waals surface area contributed by atoms with Crippen LogP contribution >= 0.6 is 0 Å². The van der Waals surface area contributed by atoms with Crippen LogP contribution in [-0.4, -0.2) is 36.6 Å². The second kappa shape index (κ2) is 6.40. The Bertz CT molecular complexity index is 374. The summed E-state index contributed by atoms with van der Waals surface area (Å²) in [6.45, 7) is 2.66. The fourth-order valence-electron chi connectivity index (χ4n) is 2.49. The summed E-state index contributed by atoms with van der Waals surface area (Å²) in [7, 11) is 0. The molecule has 4 heteroatoms. The SMILES string of the molecule is NC(=O)N(CCc1ccccc1)C1CCNCC1. The predicted molar refractivity (Wildman–Crippen MR) is 72.3 cm³/mol. The molecule has 2 rings (SSSR count). The van der Waals surface area contributed by atoms with E-state index < -0.39 is 0 Å². The van der Waals surface area contributed by atoms with E-state index in [4.69, 9.17) is 5.73 Å². The summed E-state index contributed by atoms with van der Waals surface area (Å²) in [4.78, 5) is 13.4. The molecule has 0 atom stereocenters. The van der Waals surface area contributed by atoms with Crippen LogP contribution < -0.4 is 11.1 Å². The Balaban J connectivity index is 1.92. The molecule has 4 nitrogen and oxygen atoms in total. The van der Waals surface area contributed by atoms with E-state index in [1.165, 1.54) is 5.56 Å². The van der Waals surface area contributed by atoms with Gasteiger partial charge in [0.15, 0.2) is 0 Å². The molecule has 1 aromatic rings. The number of nitrogens with zero attached hydrogens (tertiary/aromatic N) is 1. The molecule has 0 bridgehead atoms. The first kappa shape index (κ1) is 12.9. The summed E-state index contributed by atoms with van der Waals surface area (Å²) in [6.07, 6.45) is 2.86. The summed E-state index contributed by atoms with van der Waals surface area (Å²) in [6, 6.07) is 10.2. The number of piperidine rings is 1. The number of hydrogen-bond donors (Lipinski definition) is 2. The van der Waals surface area contributed by atoms with Gasteiger partial charge in [-0.25, -0.2) is 4.79 Å². The van der Waals surface area contributed by atoms with Gasteiger partial charge in [-0.05, 0) is 37.9 Å². The van der Waals surface area contributed by atoms with E-state index in [-0.39, 0.29) is 6.03 Å². The summed E-state index contributed by atoms with van der Waals surface area (Å²) >= 11 is 0. The Morgan fingerprint density at radius 3 is 2.56 bits per heavy atom. The van der Waals surface area contributed by atoms with Crippen molar-refractivity contribution in [2.24, 2.45) is 5.73 Å². The number of carbonyl (C=O) groups excluding carboxylic acids is 1. The third-order valence-corrected chi connectivity index (χ3v) is 3.52. The minimum atomic E-state index is -0.294. The average Bonchev–Trinajstić information content (AvgIpc) is 2.41. The van der Waals surface area contributed by atoms with E-state index in [0.717, 1.165) is 32.4 Å². The zero-order valence-corrected chi connectivity index (χ0v) is 10.6. The van der Waals surface area contributed by atoms with Crippen molar-refractivity contribution in [2.45, 2.75) is 25.3 Å². The molecule has 1 aliphatic heterocycles. The van der Waals surface area contributed by atoms with Crippen LogP contribution in [0.2, 0.25) is 0 Å². The molecule has 2 amide bonds. The van der Waals surface area contributed by atoms with Gasteiger partial charge < -0.3 is 16.0 Å². The Kier molecular flexibility index (Phi) is 4.59. The Hall–Kier alpha value is -1.55. The number of primary amides is 1. The molecule has 0 aromatic heterocycles. The third-order valence-electron chi connectivity index (χ3n) is 3.52. The van der Waals surface area contributed by atoms with E-state index in [2.05, 4.69) is 17.4 Å². The minimum Gasteiger partial charge on any atom is -0.351 e. The zero-order chi connectivity index (χ0) is 12.8. The van der Waals surface area contributed by atoms with Gasteiger partial charge in [-0.3, -0.25) is 0 Å². The number of rotatable bonds is 4. The first-order valence-electron chi connectivity index (χ1n) is 6.58. The van der Waals surface area contributed by atoms with Gasteiger partial charge in [-0.15, -0.1) is 0 Å². The Morgan fingerprint density at radius 2 is 1.94 bits per heavy atom. The van der Waals surface area contributed by atoms with Crippen molar-refractivity contribution in [3.63, 3.8) is 0 Å². The maximum Gasteiger partial charge on any atom is 0.315 e. The topological polar surface area (TPSA) is 58.4 Å². The quantitative estimate of drug-likeness (QED) is 0.844. The van der Waals surface area contributed by atoms with Crippen molar-refractivity contribution >= 4 is 6.03 Å². The van der Waals surface area contributed by atoms with Crippen LogP contribution in [-0.2, 0) is 6.42 Å². The molecule has 98 valence electrons. The van der Waals surface area contributed by atoms with Crippen LogP contribution in [0.5, 0.6) is 0 Å².